The first-order valence-corrected chi connectivity index (χ1v) is 9.35. The van der Waals surface area contributed by atoms with Crippen LogP contribution in [0.3, 0.4) is 0 Å². The summed E-state index contributed by atoms with van der Waals surface area (Å²) in [5.41, 5.74) is 0.371. The van der Waals surface area contributed by atoms with Crippen molar-refractivity contribution >= 4 is 29.9 Å². The summed E-state index contributed by atoms with van der Waals surface area (Å²) in [7, 11) is 2.01. The smallest absolute Gasteiger partial charge is 0.194 e. The van der Waals surface area contributed by atoms with Gasteiger partial charge in [0.15, 0.2) is 11.8 Å². The molecule has 0 atom stereocenters. The van der Waals surface area contributed by atoms with E-state index in [9.17, 15) is 0 Å². The predicted octanol–water partition coefficient (Wildman–Crippen LogP) is 3.25. The van der Waals surface area contributed by atoms with Crippen molar-refractivity contribution in [1.82, 2.24) is 25.0 Å². The Morgan fingerprint density at radius 2 is 1.96 bits per heavy atom. The van der Waals surface area contributed by atoms with Crippen LogP contribution in [0, 0.1) is 12.3 Å². The van der Waals surface area contributed by atoms with Gasteiger partial charge in [-0.2, -0.15) is 0 Å². The number of likely N-dealkylation sites (tertiary alicyclic amines) is 1. The highest BCUT2D eigenvalue weighted by Crippen LogP contribution is 2.29. The lowest BCUT2D eigenvalue weighted by Gasteiger charge is -2.30. The fraction of sp³-hybridized carbons (Fsp3) is 0.833. The second kappa shape index (κ2) is 8.68. The molecule has 0 amide bonds. The lowest BCUT2D eigenvalue weighted by Crippen LogP contribution is -2.46. The number of hydrogen-bond donors (Lipinski definition) is 1. The Hall–Kier alpha value is -0.860. The highest BCUT2D eigenvalue weighted by Gasteiger charge is 2.32. The van der Waals surface area contributed by atoms with Crippen molar-refractivity contribution in [3.8, 4) is 0 Å². The minimum atomic E-state index is 0. The maximum atomic E-state index is 4.92. The zero-order valence-electron chi connectivity index (χ0n) is 16.1. The molecular weight excluding hydrogens is 427 g/mol. The third-order valence-corrected chi connectivity index (χ3v) is 5.47. The Bertz CT molecular complexity index is 588. The number of aromatic nitrogens is 3. The fourth-order valence-corrected chi connectivity index (χ4v) is 3.69. The van der Waals surface area contributed by atoms with Crippen molar-refractivity contribution < 1.29 is 0 Å². The third-order valence-electron chi connectivity index (χ3n) is 5.47. The second-order valence-electron chi connectivity index (χ2n) is 8.18. The van der Waals surface area contributed by atoms with E-state index >= 15 is 0 Å². The van der Waals surface area contributed by atoms with Crippen LogP contribution >= 0.6 is 24.0 Å². The summed E-state index contributed by atoms with van der Waals surface area (Å²) >= 11 is 0. The normalized spacial score (nSPS) is 21.3. The van der Waals surface area contributed by atoms with E-state index in [4.69, 9.17) is 4.99 Å². The summed E-state index contributed by atoms with van der Waals surface area (Å²) in [4.78, 5) is 7.35. The molecule has 2 aliphatic rings. The molecule has 142 valence electrons. The molecule has 1 saturated heterocycles. The maximum Gasteiger partial charge on any atom is 0.194 e. The van der Waals surface area contributed by atoms with Crippen LogP contribution < -0.4 is 5.32 Å². The quantitative estimate of drug-likeness (QED) is 0.428. The zero-order valence-corrected chi connectivity index (χ0v) is 18.4. The Morgan fingerprint density at radius 3 is 2.52 bits per heavy atom. The number of rotatable bonds is 3. The number of guanidine groups is 1. The van der Waals surface area contributed by atoms with Crippen LogP contribution in [0.1, 0.15) is 64.0 Å². The Kier molecular flexibility index (Phi) is 7.10. The highest BCUT2D eigenvalue weighted by molar-refractivity contribution is 14.0. The summed E-state index contributed by atoms with van der Waals surface area (Å²) in [5, 5.41) is 12.1. The van der Waals surface area contributed by atoms with E-state index < -0.39 is 0 Å². The molecule has 1 aromatic heterocycles. The van der Waals surface area contributed by atoms with E-state index in [2.05, 4.69) is 34.3 Å². The monoisotopic (exact) mass is 460 g/mol. The van der Waals surface area contributed by atoms with Gasteiger partial charge in [-0.15, -0.1) is 34.2 Å². The van der Waals surface area contributed by atoms with Crippen LogP contribution in [0.15, 0.2) is 4.99 Å². The molecule has 1 aliphatic carbocycles. The van der Waals surface area contributed by atoms with Gasteiger partial charge in [0.2, 0.25) is 0 Å². The van der Waals surface area contributed by atoms with Crippen molar-refractivity contribution in [2.45, 2.75) is 71.9 Å². The number of nitrogens with one attached hydrogen (secondary N) is 1. The van der Waals surface area contributed by atoms with E-state index in [0.29, 0.717) is 18.0 Å². The average molecular weight is 460 g/mol. The zero-order chi connectivity index (χ0) is 17.2. The van der Waals surface area contributed by atoms with Gasteiger partial charge in [0.25, 0.3) is 0 Å². The number of hydrogen-bond acceptors (Lipinski definition) is 3. The van der Waals surface area contributed by atoms with Crippen LogP contribution in [0.5, 0.6) is 0 Å². The second-order valence-corrected chi connectivity index (χ2v) is 8.18. The van der Waals surface area contributed by atoms with Gasteiger partial charge in [-0.25, -0.2) is 4.99 Å². The number of aliphatic imine (C=N–C) groups is 1. The molecule has 6 nitrogen and oxygen atoms in total. The van der Waals surface area contributed by atoms with Crippen molar-refractivity contribution in [3.05, 3.63) is 11.6 Å². The lowest BCUT2D eigenvalue weighted by atomic mass is 9.93. The van der Waals surface area contributed by atoms with Gasteiger partial charge in [-0.3, -0.25) is 0 Å². The van der Waals surface area contributed by atoms with E-state index in [1.165, 1.54) is 38.5 Å². The van der Waals surface area contributed by atoms with E-state index in [1.54, 1.807) is 0 Å². The first-order valence-electron chi connectivity index (χ1n) is 9.35. The number of nitrogens with zero attached hydrogens (tertiary/aromatic N) is 5. The SMILES string of the molecule is Cc1nnc(CN=C(NC2CCCCC2)N2CCC(C)(C)C2)n1C.I. The summed E-state index contributed by atoms with van der Waals surface area (Å²) in [6.45, 7) is 9.41. The minimum absolute atomic E-state index is 0. The molecule has 2 fully saturated rings. The van der Waals surface area contributed by atoms with E-state index in [1.807, 2.05) is 18.5 Å². The van der Waals surface area contributed by atoms with Gasteiger partial charge < -0.3 is 14.8 Å². The topological polar surface area (TPSA) is 58.3 Å². The first-order chi connectivity index (χ1) is 11.4. The largest absolute Gasteiger partial charge is 0.353 e. The molecule has 1 aromatic rings. The number of aryl methyl sites for hydroxylation is 1. The average Bonchev–Trinajstić information content (AvgIpc) is 3.08. The summed E-state index contributed by atoms with van der Waals surface area (Å²) < 4.78 is 2.02. The fourth-order valence-electron chi connectivity index (χ4n) is 3.69. The highest BCUT2D eigenvalue weighted by atomic mass is 127. The van der Waals surface area contributed by atoms with Crippen molar-refractivity contribution in [1.29, 1.82) is 0 Å². The molecule has 3 rings (SSSR count). The molecule has 1 aliphatic heterocycles. The molecule has 25 heavy (non-hydrogen) atoms. The Morgan fingerprint density at radius 1 is 1.24 bits per heavy atom. The van der Waals surface area contributed by atoms with Gasteiger partial charge >= 0.3 is 0 Å². The van der Waals surface area contributed by atoms with Crippen LogP contribution in [-0.2, 0) is 13.6 Å². The van der Waals surface area contributed by atoms with Crippen LogP contribution in [0.4, 0.5) is 0 Å². The molecule has 2 heterocycles. The van der Waals surface area contributed by atoms with Gasteiger partial charge in [-0.05, 0) is 31.6 Å². The standard InChI is InChI=1S/C18H32N6.HI/c1-14-21-22-16(23(14)4)12-19-17(20-15-8-6-5-7-9-15)24-11-10-18(2,3)13-24;/h15H,5-13H2,1-4H3,(H,19,20);1H. The van der Waals surface area contributed by atoms with Crippen molar-refractivity contribution in [2.24, 2.45) is 17.5 Å². The van der Waals surface area contributed by atoms with Gasteiger partial charge in [0.1, 0.15) is 12.4 Å². The van der Waals surface area contributed by atoms with Gasteiger partial charge in [0, 0.05) is 26.2 Å². The van der Waals surface area contributed by atoms with E-state index in [-0.39, 0.29) is 24.0 Å². The summed E-state index contributed by atoms with van der Waals surface area (Å²) in [6.07, 6.45) is 7.79. The molecule has 0 aromatic carbocycles. The van der Waals surface area contributed by atoms with E-state index in [0.717, 1.165) is 30.7 Å². The molecule has 0 radical (unpaired) electrons. The summed E-state index contributed by atoms with van der Waals surface area (Å²) in [5.74, 6) is 2.92. The molecule has 0 spiro atoms. The molecular formula is C18H33IN6. The van der Waals surface area contributed by atoms with Crippen LogP contribution in [0.2, 0.25) is 0 Å². The molecule has 1 N–H and O–H groups in total. The molecule has 1 saturated carbocycles. The van der Waals surface area contributed by atoms with Crippen LogP contribution in [0.25, 0.3) is 0 Å². The third kappa shape index (κ3) is 5.31. The van der Waals surface area contributed by atoms with Gasteiger partial charge in [-0.1, -0.05) is 33.1 Å². The van der Waals surface area contributed by atoms with Gasteiger partial charge in [0.05, 0.1) is 0 Å². The first kappa shape index (κ1) is 20.5. The van der Waals surface area contributed by atoms with Crippen molar-refractivity contribution in [2.75, 3.05) is 13.1 Å². The van der Waals surface area contributed by atoms with Crippen LogP contribution in [-0.4, -0.2) is 44.8 Å². The molecule has 0 bridgehead atoms. The Balaban J connectivity index is 0.00000225. The lowest BCUT2D eigenvalue weighted by molar-refractivity contribution is 0.354. The minimum Gasteiger partial charge on any atom is -0.353 e. The molecule has 0 unspecified atom stereocenters. The van der Waals surface area contributed by atoms with Crippen molar-refractivity contribution in [3.63, 3.8) is 0 Å². The maximum absolute atomic E-state index is 4.92. The predicted molar refractivity (Wildman–Crippen MR) is 112 cm³/mol. The molecule has 7 heteroatoms. The Labute approximate surface area is 168 Å². The summed E-state index contributed by atoms with van der Waals surface area (Å²) in [6, 6.07) is 0.572. The number of halogens is 1.